The molecule has 0 aliphatic rings. The quantitative estimate of drug-likeness (QED) is 0.518. The maximum atomic E-state index is 11.1. The molecule has 0 bridgehead atoms. The second-order valence-corrected chi connectivity index (χ2v) is 2.87. The Morgan fingerprint density at radius 1 is 1.00 bits per heavy atom. The molecule has 0 fully saturated rings. The van der Waals surface area contributed by atoms with Crippen molar-refractivity contribution in [2.45, 2.75) is 20.8 Å². The average molecular weight is 184 g/mol. The lowest BCUT2D eigenvalue weighted by atomic mass is 9.75. The van der Waals surface area contributed by atoms with Crippen molar-refractivity contribution >= 4 is 17.3 Å². The van der Waals surface area contributed by atoms with Gasteiger partial charge in [0.2, 0.25) is 0 Å². The van der Waals surface area contributed by atoms with E-state index in [4.69, 9.17) is 5.11 Å². The van der Waals surface area contributed by atoms with Crippen molar-refractivity contribution in [3.8, 4) is 0 Å². The fourth-order valence-electron chi connectivity index (χ4n) is 1.35. The van der Waals surface area contributed by atoms with Crippen LogP contribution in [0.4, 0.5) is 0 Å². The van der Waals surface area contributed by atoms with E-state index in [9.17, 15) is 14.4 Å². The van der Waals surface area contributed by atoms with Crippen LogP contribution in [-0.2, 0) is 14.4 Å². The first-order valence-electron chi connectivity index (χ1n) is 3.69. The summed E-state index contributed by atoms with van der Waals surface area (Å²) in [5, 5.41) is 9.12. The fourth-order valence-corrected chi connectivity index (χ4v) is 1.35. The van der Waals surface area contributed by atoms with Crippen LogP contribution >= 0.6 is 0 Å². The molecule has 4 nitrogen and oxygen atoms in total. The SMILES string of the molecule is C=C(O)C(C(C)=O)(C(C)=O)C(C)=O. The Balaban J connectivity index is 5.60. The molecule has 0 aromatic carbocycles. The van der Waals surface area contributed by atoms with Gasteiger partial charge >= 0.3 is 0 Å². The van der Waals surface area contributed by atoms with Gasteiger partial charge in [-0.3, -0.25) is 14.4 Å². The Bertz CT molecular complexity index is 226. The summed E-state index contributed by atoms with van der Waals surface area (Å²) in [6, 6.07) is 0. The van der Waals surface area contributed by atoms with E-state index >= 15 is 0 Å². The van der Waals surface area contributed by atoms with E-state index in [1.54, 1.807) is 0 Å². The van der Waals surface area contributed by atoms with Gasteiger partial charge in [-0.1, -0.05) is 6.58 Å². The first kappa shape index (κ1) is 11.6. The molecule has 0 aromatic heterocycles. The highest BCUT2D eigenvalue weighted by atomic mass is 16.3. The molecule has 0 heterocycles. The zero-order valence-electron chi connectivity index (χ0n) is 7.88. The normalized spacial score (nSPS) is 10.7. The van der Waals surface area contributed by atoms with Crippen molar-refractivity contribution in [2.75, 3.05) is 0 Å². The molecule has 0 aliphatic heterocycles. The molecule has 72 valence electrons. The molecular weight excluding hydrogens is 172 g/mol. The van der Waals surface area contributed by atoms with Crippen LogP contribution in [-0.4, -0.2) is 22.5 Å². The number of hydrogen-bond donors (Lipinski definition) is 1. The number of carbonyl (C=O) groups excluding carboxylic acids is 3. The molecule has 0 amide bonds. The van der Waals surface area contributed by atoms with Crippen LogP contribution in [0.25, 0.3) is 0 Å². The fraction of sp³-hybridized carbons (Fsp3) is 0.444. The summed E-state index contributed by atoms with van der Waals surface area (Å²) < 4.78 is 0. The van der Waals surface area contributed by atoms with Gasteiger partial charge in [-0.2, -0.15) is 0 Å². The van der Waals surface area contributed by atoms with Crippen LogP contribution in [0.1, 0.15) is 20.8 Å². The Hall–Kier alpha value is -1.45. The molecule has 0 saturated carbocycles. The average Bonchev–Trinajstić information content (AvgIpc) is 1.82. The summed E-state index contributed by atoms with van der Waals surface area (Å²) in [4.78, 5) is 33.4. The molecule has 13 heavy (non-hydrogen) atoms. The van der Waals surface area contributed by atoms with E-state index in [1.165, 1.54) is 0 Å². The number of aliphatic hydroxyl groups excluding tert-OH is 1. The highest BCUT2D eigenvalue weighted by Gasteiger charge is 2.48. The Labute approximate surface area is 76.2 Å². The molecule has 0 saturated heterocycles. The lowest BCUT2D eigenvalue weighted by Gasteiger charge is -2.23. The Morgan fingerprint density at radius 2 is 1.23 bits per heavy atom. The van der Waals surface area contributed by atoms with Crippen molar-refractivity contribution in [3.63, 3.8) is 0 Å². The number of carbonyl (C=O) groups is 3. The zero-order chi connectivity index (χ0) is 10.8. The number of hydrogen-bond acceptors (Lipinski definition) is 4. The molecule has 0 rings (SSSR count). The molecule has 0 spiro atoms. The van der Waals surface area contributed by atoms with Crippen molar-refractivity contribution < 1.29 is 19.5 Å². The third-order valence-electron chi connectivity index (χ3n) is 2.02. The predicted molar refractivity (Wildman–Crippen MR) is 46.2 cm³/mol. The molecular formula is C9H12O4. The zero-order valence-corrected chi connectivity index (χ0v) is 7.88. The van der Waals surface area contributed by atoms with Crippen LogP contribution in [0.3, 0.4) is 0 Å². The minimum absolute atomic E-state index is 0.708. The molecule has 0 atom stereocenters. The van der Waals surface area contributed by atoms with Crippen LogP contribution in [0, 0.1) is 5.41 Å². The van der Waals surface area contributed by atoms with Gasteiger partial charge in [0.05, 0.1) is 0 Å². The summed E-state index contributed by atoms with van der Waals surface area (Å²) in [7, 11) is 0. The maximum Gasteiger partial charge on any atom is 0.200 e. The minimum Gasteiger partial charge on any atom is -0.511 e. The number of Topliss-reactive ketones (excluding diaryl/α,β-unsaturated/α-hetero) is 3. The lowest BCUT2D eigenvalue weighted by molar-refractivity contribution is -0.145. The summed E-state index contributed by atoms with van der Waals surface area (Å²) in [5.74, 6) is -2.83. The summed E-state index contributed by atoms with van der Waals surface area (Å²) >= 11 is 0. The lowest BCUT2D eigenvalue weighted by Crippen LogP contribution is -2.44. The van der Waals surface area contributed by atoms with E-state index in [2.05, 4.69) is 6.58 Å². The van der Waals surface area contributed by atoms with Crippen molar-refractivity contribution in [2.24, 2.45) is 5.41 Å². The summed E-state index contributed by atoms with van der Waals surface area (Å²) in [5.41, 5.74) is -2.06. The number of aliphatic hydroxyl groups is 1. The maximum absolute atomic E-state index is 11.1. The second kappa shape index (κ2) is 3.51. The van der Waals surface area contributed by atoms with Crippen molar-refractivity contribution in [1.29, 1.82) is 0 Å². The van der Waals surface area contributed by atoms with Gasteiger partial charge in [-0.25, -0.2) is 0 Å². The second-order valence-electron chi connectivity index (χ2n) is 2.87. The van der Waals surface area contributed by atoms with Crippen LogP contribution < -0.4 is 0 Å². The first-order chi connectivity index (χ1) is 5.77. The predicted octanol–water partition coefficient (Wildman–Crippen LogP) is 0.812. The van der Waals surface area contributed by atoms with Crippen molar-refractivity contribution in [3.05, 3.63) is 12.3 Å². The largest absolute Gasteiger partial charge is 0.511 e. The molecule has 0 radical (unpaired) electrons. The van der Waals surface area contributed by atoms with Crippen LogP contribution in [0.2, 0.25) is 0 Å². The van der Waals surface area contributed by atoms with Gasteiger partial charge < -0.3 is 5.11 Å². The molecule has 0 aromatic rings. The van der Waals surface area contributed by atoms with E-state index in [-0.39, 0.29) is 0 Å². The molecule has 1 N–H and O–H groups in total. The molecule has 0 aliphatic carbocycles. The summed E-state index contributed by atoms with van der Waals surface area (Å²) in [6.07, 6.45) is 0. The number of rotatable bonds is 4. The number of allylic oxidation sites excluding steroid dienone is 1. The van der Waals surface area contributed by atoms with E-state index in [0.29, 0.717) is 0 Å². The standard InChI is InChI=1S/C9H12O4/c1-5(10)9(6(2)11,7(3)12)8(4)13/h10H,1H2,2-4H3. The van der Waals surface area contributed by atoms with Gasteiger partial charge in [0.25, 0.3) is 0 Å². The Kier molecular flexibility index (Phi) is 3.12. The third-order valence-corrected chi connectivity index (χ3v) is 2.02. The minimum atomic E-state index is -2.06. The van der Waals surface area contributed by atoms with Crippen LogP contribution in [0.15, 0.2) is 12.3 Å². The molecule has 4 heteroatoms. The topological polar surface area (TPSA) is 71.4 Å². The van der Waals surface area contributed by atoms with E-state index in [1.807, 2.05) is 0 Å². The first-order valence-corrected chi connectivity index (χ1v) is 3.69. The molecule has 0 unspecified atom stereocenters. The number of ketones is 3. The van der Waals surface area contributed by atoms with Gasteiger partial charge in [-0.05, 0) is 20.8 Å². The smallest absolute Gasteiger partial charge is 0.200 e. The van der Waals surface area contributed by atoms with Crippen molar-refractivity contribution in [1.82, 2.24) is 0 Å². The third kappa shape index (κ3) is 1.52. The van der Waals surface area contributed by atoms with Crippen LogP contribution in [0.5, 0.6) is 0 Å². The highest BCUT2D eigenvalue weighted by Crippen LogP contribution is 2.28. The van der Waals surface area contributed by atoms with E-state index in [0.717, 1.165) is 20.8 Å². The van der Waals surface area contributed by atoms with Gasteiger partial charge in [0.15, 0.2) is 22.8 Å². The van der Waals surface area contributed by atoms with Gasteiger partial charge in [0.1, 0.15) is 5.76 Å². The van der Waals surface area contributed by atoms with Gasteiger partial charge in [-0.15, -0.1) is 0 Å². The summed E-state index contributed by atoms with van der Waals surface area (Å²) in [6.45, 7) is 6.31. The highest BCUT2D eigenvalue weighted by molar-refractivity contribution is 6.25. The monoisotopic (exact) mass is 184 g/mol. The van der Waals surface area contributed by atoms with Gasteiger partial charge in [0, 0.05) is 0 Å². The Morgan fingerprint density at radius 3 is 1.23 bits per heavy atom. The van der Waals surface area contributed by atoms with E-state index < -0.39 is 28.5 Å².